The smallest absolute Gasteiger partial charge is 0.238 e. The third-order valence-corrected chi connectivity index (χ3v) is 8.97. The standard InChI is InChI=1S/C45H29N5/c1-4-16-30(17-5-1)33-22-10-13-25-38(33)49-39-26-14-11-23-34(39)36-28-29-37-35-24-12-15-27-40(35)50(42(37)41(36)49)45-47-43(31-18-6-2-7-19-31)46-44(48-45)32-20-8-3-9-21-32/h1-29H/i2D,3D,6D,7D,8D,9D,18D,19D,20D,21D. The van der Waals surface area contributed by atoms with E-state index >= 15 is 0 Å². The lowest BCUT2D eigenvalue weighted by molar-refractivity contribution is 0.953. The molecule has 0 aliphatic carbocycles. The van der Waals surface area contributed by atoms with E-state index in [-0.39, 0.29) is 28.7 Å². The molecule has 0 atom stereocenters. The number of hydrogen-bond acceptors (Lipinski definition) is 3. The second kappa shape index (κ2) is 11.4. The van der Waals surface area contributed by atoms with E-state index in [1.165, 1.54) is 0 Å². The molecule has 3 heterocycles. The lowest BCUT2D eigenvalue weighted by Crippen LogP contribution is -2.07. The van der Waals surface area contributed by atoms with Gasteiger partial charge < -0.3 is 4.57 Å². The molecule has 0 radical (unpaired) electrons. The van der Waals surface area contributed by atoms with Crippen molar-refractivity contribution < 1.29 is 13.7 Å². The maximum absolute atomic E-state index is 8.88. The highest BCUT2D eigenvalue weighted by atomic mass is 15.2. The Balaban J connectivity index is 1.41. The first-order valence-corrected chi connectivity index (χ1v) is 16.0. The Labute approximate surface area is 302 Å². The fraction of sp³-hybridized carbons (Fsp3) is 0. The Bertz CT molecular complexity index is 3310. The molecule has 50 heavy (non-hydrogen) atoms. The topological polar surface area (TPSA) is 48.5 Å². The summed E-state index contributed by atoms with van der Waals surface area (Å²) in [4.78, 5) is 14.3. The van der Waals surface area contributed by atoms with Crippen molar-refractivity contribution >= 4 is 43.6 Å². The molecule has 10 rings (SSSR count). The number of benzene rings is 7. The van der Waals surface area contributed by atoms with Crippen LogP contribution >= 0.6 is 0 Å². The molecule has 0 amide bonds. The van der Waals surface area contributed by atoms with E-state index in [1.807, 2.05) is 77.4 Å². The minimum absolute atomic E-state index is 0.0690. The Kier molecular flexibility index (Phi) is 4.52. The van der Waals surface area contributed by atoms with E-state index in [0.29, 0.717) is 11.0 Å². The van der Waals surface area contributed by atoms with Gasteiger partial charge in [-0.3, -0.25) is 4.57 Å². The number of rotatable bonds is 5. The number of hydrogen-bond donors (Lipinski definition) is 0. The van der Waals surface area contributed by atoms with Crippen LogP contribution in [0.5, 0.6) is 0 Å². The molecular weight excluding hydrogens is 611 g/mol. The molecule has 0 unspecified atom stereocenters. The van der Waals surface area contributed by atoms with Crippen LogP contribution in [0.15, 0.2) is 176 Å². The first-order chi connectivity index (χ1) is 29.0. The van der Waals surface area contributed by atoms with E-state index in [4.69, 9.17) is 23.7 Å². The van der Waals surface area contributed by atoms with Crippen LogP contribution in [0, 0.1) is 0 Å². The summed E-state index contributed by atoms with van der Waals surface area (Å²) in [5.41, 5.74) is 5.25. The summed E-state index contributed by atoms with van der Waals surface area (Å²) in [6.45, 7) is 0. The van der Waals surface area contributed by atoms with Gasteiger partial charge in [-0.2, -0.15) is 9.97 Å². The van der Waals surface area contributed by atoms with Gasteiger partial charge in [-0.25, -0.2) is 4.98 Å². The third-order valence-electron chi connectivity index (χ3n) is 8.97. The lowest BCUT2D eigenvalue weighted by Gasteiger charge is -2.16. The monoisotopic (exact) mass is 649 g/mol. The van der Waals surface area contributed by atoms with Gasteiger partial charge in [0, 0.05) is 38.2 Å². The predicted molar refractivity (Wildman–Crippen MR) is 205 cm³/mol. The molecule has 0 N–H and O–H groups in total. The molecule has 0 aliphatic heterocycles. The molecule has 0 saturated heterocycles. The second-order valence-corrected chi connectivity index (χ2v) is 11.7. The molecule has 0 spiro atoms. The van der Waals surface area contributed by atoms with E-state index < -0.39 is 60.4 Å². The SMILES string of the molecule is [2H]c1c([2H])c([2H])c(-c2nc(-c3c([2H])c([2H])c([2H])c([2H])c3[2H])nc(-n3c4ccccc4c4ccc5c6ccccc6n(-c6ccccc6-c6ccccc6)c5c43)n2)c([2H])c1[2H]. The highest BCUT2D eigenvalue weighted by Crippen LogP contribution is 2.43. The van der Waals surface area contributed by atoms with Gasteiger partial charge in [0.05, 0.1) is 41.5 Å². The van der Waals surface area contributed by atoms with Gasteiger partial charge in [-0.15, -0.1) is 0 Å². The van der Waals surface area contributed by atoms with Crippen molar-refractivity contribution in [1.29, 1.82) is 0 Å². The number of nitrogens with zero attached hydrogens (tertiary/aromatic N) is 5. The lowest BCUT2D eigenvalue weighted by atomic mass is 10.0. The zero-order chi connectivity index (χ0) is 41.7. The molecular formula is C45H29N5. The Morgan fingerprint density at radius 1 is 0.400 bits per heavy atom. The molecule has 0 saturated carbocycles. The van der Waals surface area contributed by atoms with Crippen molar-refractivity contribution in [2.45, 2.75) is 0 Å². The van der Waals surface area contributed by atoms with Gasteiger partial charge in [-0.1, -0.05) is 157 Å². The van der Waals surface area contributed by atoms with Crippen LogP contribution in [-0.2, 0) is 0 Å². The van der Waals surface area contributed by atoms with Crippen LogP contribution in [0.4, 0.5) is 0 Å². The van der Waals surface area contributed by atoms with Crippen molar-refractivity contribution in [3.63, 3.8) is 0 Å². The first-order valence-electron chi connectivity index (χ1n) is 21.0. The normalized spacial score (nSPS) is 14.4. The Morgan fingerprint density at radius 2 is 0.900 bits per heavy atom. The zero-order valence-electron chi connectivity index (χ0n) is 36.2. The summed E-state index contributed by atoms with van der Waals surface area (Å²) in [5.74, 6) is -0.751. The van der Waals surface area contributed by atoms with Gasteiger partial charge in [-0.05, 0) is 23.8 Å². The van der Waals surface area contributed by atoms with E-state index in [0.717, 1.165) is 49.4 Å². The fourth-order valence-corrected chi connectivity index (χ4v) is 6.90. The van der Waals surface area contributed by atoms with Gasteiger partial charge in [0.2, 0.25) is 5.95 Å². The van der Waals surface area contributed by atoms with Crippen molar-refractivity contribution in [1.82, 2.24) is 24.1 Å². The van der Waals surface area contributed by atoms with Crippen LogP contribution in [0.3, 0.4) is 0 Å². The number of para-hydroxylation sites is 3. The summed E-state index contributed by atoms with van der Waals surface area (Å²) < 4.78 is 89.9. The summed E-state index contributed by atoms with van der Waals surface area (Å²) in [7, 11) is 0. The van der Waals surface area contributed by atoms with E-state index in [2.05, 4.69) is 52.0 Å². The average molecular weight is 650 g/mol. The minimum Gasteiger partial charge on any atom is -0.307 e. The quantitative estimate of drug-likeness (QED) is 0.186. The van der Waals surface area contributed by atoms with Gasteiger partial charge in [0.1, 0.15) is 0 Å². The number of fused-ring (bicyclic) bond motifs is 7. The molecule has 3 aromatic heterocycles. The van der Waals surface area contributed by atoms with Gasteiger partial charge >= 0.3 is 0 Å². The third kappa shape index (κ3) is 4.37. The van der Waals surface area contributed by atoms with Crippen LogP contribution in [-0.4, -0.2) is 24.1 Å². The molecule has 5 heteroatoms. The highest BCUT2D eigenvalue weighted by molar-refractivity contribution is 6.23. The number of aromatic nitrogens is 5. The predicted octanol–water partition coefficient (Wildman–Crippen LogP) is 11.1. The molecule has 7 aromatic carbocycles. The fourth-order valence-electron chi connectivity index (χ4n) is 6.90. The largest absolute Gasteiger partial charge is 0.307 e. The molecule has 234 valence electrons. The second-order valence-electron chi connectivity index (χ2n) is 11.7. The molecule has 0 bridgehead atoms. The van der Waals surface area contributed by atoms with Crippen molar-refractivity contribution in [3.05, 3.63) is 176 Å². The van der Waals surface area contributed by atoms with Crippen LogP contribution in [0.25, 0.3) is 89.2 Å². The minimum atomic E-state index is -0.613. The summed E-state index contributed by atoms with van der Waals surface area (Å²) in [6.07, 6.45) is 0. The van der Waals surface area contributed by atoms with E-state index in [1.54, 1.807) is 0 Å². The first kappa shape index (κ1) is 19.8. The summed E-state index contributed by atoms with van der Waals surface area (Å²) >= 11 is 0. The summed E-state index contributed by atoms with van der Waals surface area (Å²) in [6, 6.07) is 32.1. The van der Waals surface area contributed by atoms with Gasteiger partial charge in [0.25, 0.3) is 0 Å². The Morgan fingerprint density at radius 3 is 1.52 bits per heavy atom. The van der Waals surface area contributed by atoms with Crippen LogP contribution in [0.2, 0.25) is 0 Å². The van der Waals surface area contributed by atoms with Crippen molar-refractivity contribution in [3.8, 4) is 45.5 Å². The molecule has 0 aliphatic rings. The molecule has 0 fully saturated rings. The summed E-state index contributed by atoms with van der Waals surface area (Å²) in [5, 5.41) is 3.55. The molecule has 10 aromatic rings. The van der Waals surface area contributed by atoms with Gasteiger partial charge in [0.15, 0.2) is 11.6 Å². The molecule has 5 nitrogen and oxygen atoms in total. The van der Waals surface area contributed by atoms with Crippen LogP contribution < -0.4 is 0 Å². The van der Waals surface area contributed by atoms with Crippen molar-refractivity contribution in [2.75, 3.05) is 0 Å². The van der Waals surface area contributed by atoms with Crippen molar-refractivity contribution in [2.24, 2.45) is 0 Å². The highest BCUT2D eigenvalue weighted by Gasteiger charge is 2.24. The van der Waals surface area contributed by atoms with E-state index in [9.17, 15) is 0 Å². The maximum atomic E-state index is 8.88. The Hall–Kier alpha value is -6.85. The average Bonchev–Trinajstić information content (AvgIpc) is 3.80. The maximum Gasteiger partial charge on any atom is 0.238 e. The van der Waals surface area contributed by atoms with Crippen LogP contribution in [0.1, 0.15) is 13.7 Å². The zero-order valence-corrected chi connectivity index (χ0v) is 26.2.